The number of ketones is 1. The molecule has 0 spiro atoms. The second kappa shape index (κ2) is 79.6. The monoisotopic (exact) mass is 2130 g/mol. The number of ether oxygens (including phenoxy) is 18. The number of phenols is 8. The minimum Gasteiger partial charge on any atom is -0.504 e. The number of urea groups is 3. The fraction of sp³-hybridized carbons (Fsp3) is 0.650. The highest BCUT2D eigenvalue weighted by Crippen LogP contribution is 2.31. The van der Waals surface area contributed by atoms with Crippen LogP contribution in [-0.2, 0) is 140 Å². The Morgan fingerprint density at radius 1 is 0.267 bits per heavy atom. The molecular weight excluding hydrogens is 1970 g/mol. The van der Waals surface area contributed by atoms with Crippen LogP contribution >= 0.6 is 0 Å². The molecule has 4 rings (SSSR count). The molecule has 150 heavy (non-hydrogen) atoms. The summed E-state index contributed by atoms with van der Waals surface area (Å²) in [6.07, 6.45) is 5.61. The SMILES string of the molecule is CCOC(=O)C(CCCCCC(=O)OCCOCCOCC(C)(COCCOCCOCCOC(=O)NCCCCC(NC(=O)NCCc1ccc(O)c(O)c1)C(=O)OCC)COCC(C)(COCCOCCOC(=O)NCCCCC(NC(=O)NCCc1ccc(O)c(O)c1)C(=O)OCC)COCCOCCOC(=O)NCCCCC(NC(=O)NCCc1ccc(O)c(O)c1)C(=O)OCC)CC(=O)CCCc1ccc(O)c(O)c1. The summed E-state index contributed by atoms with van der Waals surface area (Å²) < 4.78 is 102. The quantitative estimate of drug-likeness (QED) is 0.00851. The largest absolute Gasteiger partial charge is 0.504 e. The number of esters is 5. The average molecular weight is 2130 g/mol. The molecule has 0 aliphatic carbocycles. The first-order valence-corrected chi connectivity index (χ1v) is 51.3. The van der Waals surface area contributed by atoms with Crippen LogP contribution in [0.5, 0.6) is 46.0 Å². The van der Waals surface area contributed by atoms with Crippen LogP contribution in [0.25, 0.3) is 0 Å². The van der Waals surface area contributed by atoms with Crippen LogP contribution < -0.4 is 47.9 Å². The Hall–Kier alpha value is -12.5. The van der Waals surface area contributed by atoms with Crippen molar-refractivity contribution in [3.63, 3.8) is 0 Å². The first kappa shape index (κ1) is 130. The molecule has 5 unspecified atom stereocenters. The normalized spacial score (nSPS) is 12.7. The standard InChI is InChI=1S/C103H161N9O38/c1-7-143-92(123)78(67-79(113)23-20-21-74-28-32-83(114)87(118)63-74)22-12-11-13-27-91(122)147-59-55-135-48-52-139-69-102(5,68-138-51-47-133-45-46-134-56-60-148-99(130)107-39-17-14-24-80(93(124)144-8-2)110-96(127)104-42-36-75-29-33-84(115)88(119)64-75)72-142-73-103(6,70-140-53-49-136-57-61-149-100(131)108-40-18-15-25-81(94(125)145-9-3)111-97(128)105-43-37-76-30-34-85(116)89(120)65-76)71-141-54-50-137-58-62-150-101(132)109-41-19-16-26-82(95(126)146-10-4)112-98(129)106-44-38-77-31-35-86(117)90(121)66-77/h28-35,63-66,78,80-82,114-121H,7-27,36-62,67-73H2,1-6H3,(H,107,130)(H,108,131)(H,109,132)(H2,104,110,127)(H2,105,111,128)(H2,106,112,129). The van der Waals surface area contributed by atoms with Crippen molar-refractivity contribution in [1.29, 1.82) is 0 Å². The maximum Gasteiger partial charge on any atom is 0.407 e. The van der Waals surface area contributed by atoms with E-state index in [0.717, 1.165) is 5.56 Å². The third-order valence-corrected chi connectivity index (χ3v) is 22.3. The number of carbonyl (C=O) groups excluding carboxylic acids is 12. The van der Waals surface area contributed by atoms with Crippen molar-refractivity contribution in [3.8, 4) is 46.0 Å². The van der Waals surface area contributed by atoms with Gasteiger partial charge in [-0.05, 0) is 201 Å². The lowest BCUT2D eigenvalue weighted by molar-refractivity contribution is -0.150. The van der Waals surface area contributed by atoms with Gasteiger partial charge in [0.15, 0.2) is 46.0 Å². The summed E-state index contributed by atoms with van der Waals surface area (Å²) in [6, 6.07) is 12.8. The Morgan fingerprint density at radius 3 is 0.860 bits per heavy atom. The van der Waals surface area contributed by atoms with E-state index in [1.54, 1.807) is 52.0 Å². The number of nitrogens with one attached hydrogen (secondary N) is 9. The number of alkyl carbamates (subject to hydrolysis) is 3. The van der Waals surface area contributed by atoms with E-state index in [9.17, 15) is 98.4 Å². The lowest BCUT2D eigenvalue weighted by Crippen LogP contribution is -2.47. The summed E-state index contributed by atoms with van der Waals surface area (Å²) in [6.45, 7) is 14.0. The minimum atomic E-state index is -0.967. The number of aromatic hydroxyl groups is 8. The van der Waals surface area contributed by atoms with Gasteiger partial charge >= 0.3 is 66.2 Å². The topological polar surface area (TPSA) is 641 Å². The molecule has 0 heterocycles. The van der Waals surface area contributed by atoms with Crippen molar-refractivity contribution >= 4 is 72.0 Å². The highest BCUT2D eigenvalue weighted by atomic mass is 16.6. The molecule has 0 saturated carbocycles. The lowest BCUT2D eigenvalue weighted by atomic mass is 9.92. The Morgan fingerprint density at radius 2 is 0.547 bits per heavy atom. The Bertz CT molecular complexity index is 4410. The van der Waals surface area contributed by atoms with Gasteiger partial charge in [-0.25, -0.2) is 43.2 Å². The van der Waals surface area contributed by atoms with E-state index < -0.39 is 101 Å². The number of hydrogen-bond acceptors (Lipinski definition) is 38. The Balaban J connectivity index is 1.29. The van der Waals surface area contributed by atoms with Gasteiger partial charge in [-0.15, -0.1) is 0 Å². The van der Waals surface area contributed by atoms with Crippen molar-refractivity contribution < 1.29 is 184 Å². The molecule has 47 heteroatoms. The van der Waals surface area contributed by atoms with E-state index in [2.05, 4.69) is 47.9 Å². The van der Waals surface area contributed by atoms with Crippen molar-refractivity contribution in [2.24, 2.45) is 16.7 Å². The van der Waals surface area contributed by atoms with Gasteiger partial charge in [0.1, 0.15) is 50.3 Å². The fourth-order valence-corrected chi connectivity index (χ4v) is 14.4. The van der Waals surface area contributed by atoms with Gasteiger partial charge in [-0.3, -0.25) is 14.4 Å². The first-order chi connectivity index (χ1) is 72.3. The van der Waals surface area contributed by atoms with Gasteiger partial charge < -0.3 is 174 Å². The number of rotatable bonds is 86. The predicted octanol–water partition coefficient (Wildman–Crippen LogP) is 8.58. The highest BCUT2D eigenvalue weighted by molar-refractivity contribution is 5.86. The van der Waals surface area contributed by atoms with Crippen LogP contribution in [0.3, 0.4) is 0 Å². The molecular formula is C103H161N9O38. The molecule has 17 N–H and O–H groups in total. The molecule has 47 nitrogen and oxygen atoms in total. The van der Waals surface area contributed by atoms with E-state index in [1.807, 2.05) is 13.8 Å². The summed E-state index contributed by atoms with van der Waals surface area (Å²) in [4.78, 5) is 153. The zero-order valence-electron chi connectivity index (χ0n) is 87.5. The number of Topliss-reactive ketones (excluding diaryl/α,β-unsaturated/α-hetero) is 1. The molecule has 9 amide bonds. The zero-order valence-corrected chi connectivity index (χ0v) is 87.5. The maximum absolute atomic E-state index is 13.0. The number of amides is 9. The number of benzene rings is 4. The second-order valence-electron chi connectivity index (χ2n) is 35.6. The molecule has 0 aliphatic rings. The molecule has 0 fully saturated rings. The molecule has 0 radical (unpaired) electrons. The number of unbranched alkanes of at least 4 members (excludes halogenated alkanes) is 5. The van der Waals surface area contributed by atoms with Crippen LogP contribution in [0.2, 0.25) is 0 Å². The van der Waals surface area contributed by atoms with Crippen LogP contribution in [0, 0.1) is 16.7 Å². The van der Waals surface area contributed by atoms with Gasteiger partial charge in [-0.1, -0.05) is 51.0 Å². The predicted molar refractivity (Wildman–Crippen MR) is 542 cm³/mol. The Kier molecular flexibility index (Phi) is 68.8. The van der Waals surface area contributed by atoms with Crippen LogP contribution in [-0.4, -0.2) is 355 Å². The van der Waals surface area contributed by atoms with E-state index in [-0.39, 0.29) is 315 Å². The first-order valence-electron chi connectivity index (χ1n) is 51.3. The van der Waals surface area contributed by atoms with Crippen molar-refractivity contribution in [3.05, 3.63) is 95.1 Å². The Labute approximate surface area is 876 Å². The van der Waals surface area contributed by atoms with E-state index >= 15 is 0 Å². The smallest absolute Gasteiger partial charge is 0.407 e. The van der Waals surface area contributed by atoms with Crippen LogP contribution in [0.15, 0.2) is 72.8 Å². The number of hydrogen-bond donors (Lipinski definition) is 17. The fourth-order valence-electron chi connectivity index (χ4n) is 14.4. The lowest BCUT2D eigenvalue weighted by Gasteiger charge is -2.33. The van der Waals surface area contributed by atoms with Crippen LogP contribution in [0.4, 0.5) is 28.8 Å². The molecule has 0 bridgehead atoms. The molecule has 5 atom stereocenters. The van der Waals surface area contributed by atoms with Crippen molar-refractivity contribution in [2.75, 3.05) is 224 Å². The van der Waals surface area contributed by atoms with E-state index in [1.165, 1.54) is 48.5 Å². The molecule has 846 valence electrons. The third-order valence-electron chi connectivity index (χ3n) is 22.3. The maximum atomic E-state index is 13.0. The van der Waals surface area contributed by atoms with E-state index in [4.69, 9.17) is 85.3 Å². The molecule has 0 aromatic heterocycles. The zero-order chi connectivity index (χ0) is 110. The summed E-state index contributed by atoms with van der Waals surface area (Å²) in [5, 5.41) is 101. The van der Waals surface area contributed by atoms with E-state index in [0.29, 0.717) is 113 Å². The number of carbonyl (C=O) groups is 12. The van der Waals surface area contributed by atoms with Gasteiger partial charge in [-0.2, -0.15) is 0 Å². The van der Waals surface area contributed by atoms with Gasteiger partial charge in [0, 0.05) is 69.4 Å². The van der Waals surface area contributed by atoms with Gasteiger partial charge in [0.05, 0.1) is 164 Å². The number of aryl methyl sites for hydroxylation is 1. The van der Waals surface area contributed by atoms with Crippen LogP contribution in [0.1, 0.15) is 173 Å². The van der Waals surface area contributed by atoms with Gasteiger partial charge in [0.2, 0.25) is 0 Å². The summed E-state index contributed by atoms with van der Waals surface area (Å²) in [7, 11) is 0. The molecule has 4 aromatic carbocycles. The van der Waals surface area contributed by atoms with Crippen molar-refractivity contribution in [1.82, 2.24) is 47.9 Å². The average Bonchev–Trinajstić information content (AvgIpc) is 0.919. The van der Waals surface area contributed by atoms with Crippen molar-refractivity contribution in [2.45, 2.75) is 195 Å². The summed E-state index contributed by atoms with van der Waals surface area (Å²) >= 11 is 0. The number of phenolic OH excluding ortho intramolecular Hbond substituents is 8. The summed E-state index contributed by atoms with van der Waals surface area (Å²) in [5.41, 5.74) is 1.17. The highest BCUT2D eigenvalue weighted by Gasteiger charge is 2.33. The minimum absolute atomic E-state index is 0.0152. The summed E-state index contributed by atoms with van der Waals surface area (Å²) in [5.74, 6) is -5.60. The molecule has 0 saturated heterocycles. The third kappa shape index (κ3) is 62.2. The molecule has 4 aromatic rings. The second-order valence-corrected chi connectivity index (χ2v) is 35.6. The van der Waals surface area contributed by atoms with Gasteiger partial charge in [0.25, 0.3) is 0 Å². The molecule has 0 aliphatic heterocycles.